The predicted octanol–water partition coefficient (Wildman–Crippen LogP) is 1.35. The van der Waals surface area contributed by atoms with Crippen molar-refractivity contribution < 1.29 is 0 Å². The van der Waals surface area contributed by atoms with Crippen LogP contribution in [0.2, 0.25) is 0 Å². The van der Waals surface area contributed by atoms with Crippen LogP contribution >= 0.6 is 0 Å². The molecule has 18 heavy (non-hydrogen) atoms. The fourth-order valence-electron chi connectivity index (χ4n) is 2.21. The summed E-state index contributed by atoms with van der Waals surface area (Å²) in [5.41, 5.74) is 8.52. The molecule has 2 N–H and O–H groups in total. The Hall–Kier alpha value is -1.62. The minimum Gasteiger partial charge on any atom is -0.338 e. The summed E-state index contributed by atoms with van der Waals surface area (Å²) in [7, 11) is 3.95. The predicted molar refractivity (Wildman–Crippen MR) is 71.0 cm³/mol. The smallest absolute Gasteiger partial charge is 0.108 e. The van der Waals surface area contributed by atoms with E-state index in [1.165, 1.54) is 0 Å². The third kappa shape index (κ3) is 2.61. The fraction of sp³-hybridized carbons (Fsp3) is 0.538. The van der Waals surface area contributed by atoms with Gasteiger partial charge in [0, 0.05) is 50.7 Å². The van der Waals surface area contributed by atoms with Gasteiger partial charge in [0.25, 0.3) is 0 Å². The van der Waals surface area contributed by atoms with Gasteiger partial charge < -0.3 is 10.3 Å². The average Bonchev–Trinajstić information content (AvgIpc) is 2.92. The van der Waals surface area contributed by atoms with Gasteiger partial charge in [-0.05, 0) is 12.8 Å². The largest absolute Gasteiger partial charge is 0.338 e. The number of hydrogen-bond donors (Lipinski definition) is 1. The van der Waals surface area contributed by atoms with E-state index in [2.05, 4.69) is 17.0 Å². The maximum Gasteiger partial charge on any atom is 0.108 e. The topological polar surface area (TPSA) is 61.7 Å². The van der Waals surface area contributed by atoms with Crippen molar-refractivity contribution in [2.75, 3.05) is 0 Å². The first-order valence-corrected chi connectivity index (χ1v) is 6.36. The van der Waals surface area contributed by atoms with Crippen molar-refractivity contribution in [1.82, 2.24) is 19.3 Å². The van der Waals surface area contributed by atoms with Crippen molar-refractivity contribution in [3.8, 4) is 0 Å². The van der Waals surface area contributed by atoms with E-state index in [-0.39, 0.29) is 6.04 Å². The van der Waals surface area contributed by atoms with Crippen LogP contribution in [0.3, 0.4) is 0 Å². The molecule has 0 saturated carbocycles. The summed E-state index contributed by atoms with van der Waals surface area (Å²) in [5, 5.41) is 4.43. The number of imidazole rings is 1. The summed E-state index contributed by atoms with van der Waals surface area (Å²) in [6.45, 7) is 2.11. The van der Waals surface area contributed by atoms with Crippen molar-refractivity contribution in [3.63, 3.8) is 0 Å². The zero-order chi connectivity index (χ0) is 13.1. The van der Waals surface area contributed by atoms with Crippen LogP contribution in [0.25, 0.3) is 0 Å². The second kappa shape index (κ2) is 5.35. The summed E-state index contributed by atoms with van der Waals surface area (Å²) >= 11 is 0. The lowest BCUT2D eigenvalue weighted by atomic mass is 10.0. The second-order valence-corrected chi connectivity index (χ2v) is 4.66. The Morgan fingerprint density at radius 1 is 1.39 bits per heavy atom. The zero-order valence-corrected chi connectivity index (χ0v) is 11.3. The van der Waals surface area contributed by atoms with E-state index in [9.17, 15) is 0 Å². The first-order valence-electron chi connectivity index (χ1n) is 6.36. The van der Waals surface area contributed by atoms with Crippen molar-refractivity contribution in [1.29, 1.82) is 0 Å². The summed E-state index contributed by atoms with van der Waals surface area (Å²) in [6, 6.07) is 0.0327. The van der Waals surface area contributed by atoms with Gasteiger partial charge in [0.05, 0.1) is 5.69 Å². The SMILES string of the molecule is CCc1nn(C)cc1C(N)CCc1nccn1C. The van der Waals surface area contributed by atoms with Crippen molar-refractivity contribution in [2.24, 2.45) is 19.8 Å². The quantitative estimate of drug-likeness (QED) is 0.867. The molecule has 0 saturated heterocycles. The van der Waals surface area contributed by atoms with Gasteiger partial charge in [-0.1, -0.05) is 6.92 Å². The van der Waals surface area contributed by atoms with Gasteiger partial charge in [-0.2, -0.15) is 5.10 Å². The minimum atomic E-state index is 0.0327. The average molecular weight is 247 g/mol. The lowest BCUT2D eigenvalue weighted by molar-refractivity contribution is 0.616. The monoisotopic (exact) mass is 247 g/mol. The van der Waals surface area contributed by atoms with Crippen LogP contribution in [0.1, 0.15) is 36.5 Å². The molecule has 2 aromatic heterocycles. The van der Waals surface area contributed by atoms with Gasteiger partial charge in [-0.25, -0.2) is 4.98 Å². The van der Waals surface area contributed by atoms with E-state index in [1.54, 1.807) is 0 Å². The van der Waals surface area contributed by atoms with Gasteiger partial charge in [0.1, 0.15) is 5.82 Å². The summed E-state index contributed by atoms with van der Waals surface area (Å²) in [4.78, 5) is 4.32. The molecule has 0 amide bonds. The molecule has 0 aliphatic carbocycles. The maximum absolute atomic E-state index is 6.26. The molecule has 0 bridgehead atoms. The van der Waals surface area contributed by atoms with Crippen LogP contribution in [0, 0.1) is 0 Å². The highest BCUT2D eigenvalue weighted by molar-refractivity contribution is 5.21. The molecule has 0 radical (unpaired) electrons. The lowest BCUT2D eigenvalue weighted by Gasteiger charge is -2.11. The summed E-state index contributed by atoms with van der Waals surface area (Å²) in [5.74, 6) is 1.08. The minimum absolute atomic E-state index is 0.0327. The van der Waals surface area contributed by atoms with E-state index in [0.29, 0.717) is 0 Å². The Morgan fingerprint density at radius 3 is 2.78 bits per heavy atom. The molecule has 5 heteroatoms. The van der Waals surface area contributed by atoms with E-state index in [0.717, 1.165) is 36.3 Å². The van der Waals surface area contributed by atoms with Crippen LogP contribution in [0.4, 0.5) is 0 Å². The molecule has 0 fully saturated rings. The van der Waals surface area contributed by atoms with E-state index in [1.807, 2.05) is 41.9 Å². The van der Waals surface area contributed by atoms with Crippen molar-refractivity contribution in [3.05, 3.63) is 35.7 Å². The van der Waals surface area contributed by atoms with Crippen LogP contribution in [-0.2, 0) is 26.9 Å². The molecule has 98 valence electrons. The molecule has 2 aromatic rings. The molecule has 2 rings (SSSR count). The summed E-state index contributed by atoms with van der Waals surface area (Å²) in [6.07, 6.45) is 8.52. The van der Waals surface area contributed by atoms with Crippen LogP contribution < -0.4 is 5.73 Å². The third-order valence-corrected chi connectivity index (χ3v) is 3.27. The number of hydrogen-bond acceptors (Lipinski definition) is 3. The number of nitrogens with zero attached hydrogens (tertiary/aromatic N) is 4. The fourth-order valence-corrected chi connectivity index (χ4v) is 2.21. The molecular formula is C13H21N5. The second-order valence-electron chi connectivity index (χ2n) is 4.66. The standard InChI is InChI=1S/C13H21N5/c1-4-12-10(9-18(3)16-12)11(14)5-6-13-15-7-8-17(13)2/h7-9,11H,4-6,14H2,1-3H3. The number of aryl methyl sites for hydroxylation is 4. The molecular weight excluding hydrogens is 226 g/mol. The Labute approximate surface area is 108 Å². The van der Waals surface area contributed by atoms with Gasteiger partial charge in [0.2, 0.25) is 0 Å². The Morgan fingerprint density at radius 2 is 2.17 bits per heavy atom. The molecule has 5 nitrogen and oxygen atoms in total. The molecule has 2 heterocycles. The number of nitrogens with two attached hydrogens (primary N) is 1. The zero-order valence-electron chi connectivity index (χ0n) is 11.3. The van der Waals surface area contributed by atoms with Gasteiger partial charge in [-0.3, -0.25) is 4.68 Å². The van der Waals surface area contributed by atoms with Gasteiger partial charge in [0.15, 0.2) is 0 Å². The van der Waals surface area contributed by atoms with E-state index < -0.39 is 0 Å². The number of aromatic nitrogens is 4. The third-order valence-electron chi connectivity index (χ3n) is 3.27. The Bertz CT molecular complexity index is 511. The Balaban J connectivity index is 2.03. The maximum atomic E-state index is 6.26. The highest BCUT2D eigenvalue weighted by atomic mass is 15.3. The molecule has 1 atom stereocenters. The molecule has 0 aliphatic rings. The molecule has 0 spiro atoms. The van der Waals surface area contributed by atoms with Crippen molar-refractivity contribution in [2.45, 2.75) is 32.2 Å². The molecule has 0 aromatic carbocycles. The van der Waals surface area contributed by atoms with Crippen LogP contribution in [0.5, 0.6) is 0 Å². The first-order chi connectivity index (χ1) is 8.61. The highest BCUT2D eigenvalue weighted by Crippen LogP contribution is 2.19. The van der Waals surface area contributed by atoms with Crippen LogP contribution in [0.15, 0.2) is 18.6 Å². The van der Waals surface area contributed by atoms with Crippen molar-refractivity contribution >= 4 is 0 Å². The Kier molecular flexibility index (Phi) is 3.81. The molecule has 1 unspecified atom stereocenters. The van der Waals surface area contributed by atoms with E-state index >= 15 is 0 Å². The van der Waals surface area contributed by atoms with E-state index in [4.69, 9.17) is 5.73 Å². The number of rotatable bonds is 5. The van der Waals surface area contributed by atoms with Gasteiger partial charge in [-0.15, -0.1) is 0 Å². The lowest BCUT2D eigenvalue weighted by Crippen LogP contribution is -2.13. The van der Waals surface area contributed by atoms with Crippen LogP contribution in [-0.4, -0.2) is 19.3 Å². The molecule has 0 aliphatic heterocycles. The first kappa shape index (κ1) is 12.8. The highest BCUT2D eigenvalue weighted by Gasteiger charge is 2.14. The summed E-state index contributed by atoms with van der Waals surface area (Å²) < 4.78 is 3.88. The van der Waals surface area contributed by atoms with Gasteiger partial charge >= 0.3 is 0 Å². The normalized spacial score (nSPS) is 12.9.